The molecule has 0 aliphatic carbocycles. The number of nitrogens with zero attached hydrogens (tertiary/aromatic N) is 1. The van der Waals surface area contributed by atoms with Crippen LogP contribution in [0.25, 0.3) is 0 Å². The lowest BCUT2D eigenvalue weighted by Gasteiger charge is -2.45. The highest BCUT2D eigenvalue weighted by molar-refractivity contribution is 8.00. The Labute approximate surface area is 248 Å². The molecule has 5 aliphatic heterocycles. The fourth-order valence-electron chi connectivity index (χ4n) is 7.40. The van der Waals surface area contributed by atoms with Crippen LogP contribution in [0, 0.1) is 23.7 Å². The van der Waals surface area contributed by atoms with Crippen molar-refractivity contribution in [3.05, 3.63) is 0 Å². The molecule has 41 heavy (non-hydrogen) atoms. The number of alkyl halides is 4. The molecular formula is C26H42ClF3N6O4S. The van der Waals surface area contributed by atoms with Crippen molar-refractivity contribution in [1.82, 2.24) is 31.5 Å². The van der Waals surface area contributed by atoms with Crippen LogP contribution in [0.1, 0.15) is 26.2 Å². The molecule has 15 heteroatoms. The van der Waals surface area contributed by atoms with Gasteiger partial charge in [-0.2, -0.15) is 13.2 Å². The number of amides is 2. The zero-order chi connectivity index (χ0) is 29.5. The van der Waals surface area contributed by atoms with Crippen molar-refractivity contribution in [2.75, 3.05) is 46.9 Å². The van der Waals surface area contributed by atoms with E-state index in [9.17, 15) is 22.8 Å². The average Bonchev–Trinajstić information content (AvgIpc) is 3.50. The molecule has 12 unspecified atom stereocenters. The van der Waals surface area contributed by atoms with Crippen LogP contribution in [0.5, 0.6) is 0 Å². The monoisotopic (exact) mass is 626 g/mol. The summed E-state index contributed by atoms with van der Waals surface area (Å²) in [5.74, 6) is -2.13. The Morgan fingerprint density at radius 3 is 2.51 bits per heavy atom. The highest BCUT2D eigenvalue weighted by Gasteiger charge is 2.53. The van der Waals surface area contributed by atoms with Crippen LogP contribution in [-0.2, 0) is 19.1 Å². The number of carbonyl (C=O) groups excluding carboxylic acids is 2. The Hall–Kier alpha value is -0.870. The third kappa shape index (κ3) is 6.79. The van der Waals surface area contributed by atoms with Gasteiger partial charge in [-0.05, 0) is 38.6 Å². The average molecular weight is 627 g/mol. The molecule has 5 heterocycles. The zero-order valence-electron chi connectivity index (χ0n) is 23.6. The normalized spacial score (nSPS) is 43.5. The van der Waals surface area contributed by atoms with Gasteiger partial charge in [0.25, 0.3) is 0 Å². The second-order valence-electron chi connectivity index (χ2n) is 12.0. The van der Waals surface area contributed by atoms with Gasteiger partial charge in [-0.15, -0.1) is 23.4 Å². The van der Waals surface area contributed by atoms with Crippen LogP contribution in [0.2, 0.25) is 0 Å². The standard InChI is InChI=1S/C26H42ClF3N6O4S/c1-12-6-14(15-7-13(27)8-33-23(15)40-3)16(9-32-12)22(37)35-25-34-18-10-36(11-19(18)41-25)24(38)20-21(39-2)17(4-5-31-20)26(28,29)30/h12-21,23,25,31-34H,4-11H2,1-3H3,(H,35,37). The lowest BCUT2D eigenvalue weighted by Crippen LogP contribution is -2.61. The van der Waals surface area contributed by atoms with Crippen molar-refractivity contribution >= 4 is 35.2 Å². The van der Waals surface area contributed by atoms with E-state index in [0.29, 0.717) is 26.2 Å². The Morgan fingerprint density at radius 2 is 1.83 bits per heavy atom. The van der Waals surface area contributed by atoms with E-state index < -0.39 is 24.2 Å². The minimum atomic E-state index is -4.43. The van der Waals surface area contributed by atoms with Crippen LogP contribution in [-0.4, -0.2) is 116 Å². The fourth-order valence-corrected chi connectivity index (χ4v) is 9.11. The lowest BCUT2D eigenvalue weighted by molar-refractivity contribution is -0.216. The first-order valence-corrected chi connectivity index (χ1v) is 15.8. The second-order valence-corrected chi connectivity index (χ2v) is 14.0. The van der Waals surface area contributed by atoms with Crippen molar-refractivity contribution < 1.29 is 32.2 Å². The number of halogens is 4. The molecule has 0 radical (unpaired) electrons. The number of methoxy groups -OCH3 is 2. The first-order chi connectivity index (χ1) is 19.5. The first-order valence-electron chi connectivity index (χ1n) is 14.5. The minimum Gasteiger partial charge on any atom is -0.379 e. The van der Waals surface area contributed by atoms with E-state index in [1.54, 1.807) is 23.8 Å². The molecule has 5 aliphatic rings. The molecule has 5 saturated heterocycles. The first kappa shape index (κ1) is 31.6. The maximum Gasteiger partial charge on any atom is 0.394 e. The minimum absolute atomic E-state index is 0.0142. The van der Waals surface area contributed by atoms with E-state index in [-0.39, 0.29) is 77.0 Å². The molecule has 10 nitrogen and oxygen atoms in total. The van der Waals surface area contributed by atoms with Gasteiger partial charge in [0.1, 0.15) is 17.8 Å². The number of ether oxygens (including phenoxy) is 2. The Morgan fingerprint density at radius 1 is 1.05 bits per heavy atom. The SMILES string of the molecule is COC1NCC(Cl)CC1C1CC(C)NCC1C(=O)NC1NC2CN(C(=O)C3NCCC(C(F)(F)F)C3OC)CC2S1. The maximum absolute atomic E-state index is 13.6. The zero-order valence-corrected chi connectivity index (χ0v) is 25.2. The molecule has 234 valence electrons. The summed E-state index contributed by atoms with van der Waals surface area (Å²) in [5, 5.41) is 16.4. The molecule has 0 saturated carbocycles. The number of nitrogens with one attached hydrogen (secondary N) is 5. The number of likely N-dealkylation sites (tertiary alicyclic amines) is 1. The molecule has 0 aromatic rings. The summed E-state index contributed by atoms with van der Waals surface area (Å²) in [4.78, 5) is 28.5. The quantitative estimate of drug-likeness (QED) is 0.271. The molecular weight excluding hydrogens is 585 g/mol. The fraction of sp³-hybridized carbons (Fsp3) is 0.923. The second kappa shape index (κ2) is 13.0. The highest BCUT2D eigenvalue weighted by atomic mass is 35.5. The van der Waals surface area contributed by atoms with Gasteiger partial charge in [0.05, 0.1) is 17.9 Å². The largest absolute Gasteiger partial charge is 0.394 e. The molecule has 5 fully saturated rings. The van der Waals surface area contributed by atoms with Crippen molar-refractivity contribution in [1.29, 1.82) is 0 Å². The van der Waals surface area contributed by atoms with Gasteiger partial charge in [-0.1, -0.05) is 0 Å². The van der Waals surface area contributed by atoms with Crippen molar-refractivity contribution in [2.24, 2.45) is 23.7 Å². The summed E-state index contributed by atoms with van der Waals surface area (Å²) < 4.78 is 51.6. The van der Waals surface area contributed by atoms with E-state index >= 15 is 0 Å². The Bertz CT molecular complexity index is 941. The van der Waals surface area contributed by atoms with Crippen LogP contribution >= 0.6 is 23.4 Å². The molecule has 12 atom stereocenters. The van der Waals surface area contributed by atoms with Gasteiger partial charge in [0, 0.05) is 69.0 Å². The topological polar surface area (TPSA) is 116 Å². The number of hydrogen-bond donors (Lipinski definition) is 5. The third-order valence-electron chi connectivity index (χ3n) is 9.46. The van der Waals surface area contributed by atoms with Crippen molar-refractivity contribution in [3.8, 4) is 0 Å². The summed E-state index contributed by atoms with van der Waals surface area (Å²) in [6.45, 7) is 4.22. The van der Waals surface area contributed by atoms with Crippen LogP contribution < -0.4 is 26.6 Å². The summed E-state index contributed by atoms with van der Waals surface area (Å²) >= 11 is 8.05. The molecule has 0 aromatic heterocycles. The number of fused-ring (bicyclic) bond motifs is 1. The third-order valence-corrected chi connectivity index (χ3v) is 11.1. The van der Waals surface area contributed by atoms with Crippen molar-refractivity contribution in [3.63, 3.8) is 0 Å². The van der Waals surface area contributed by atoms with Crippen LogP contribution in [0.15, 0.2) is 0 Å². The van der Waals surface area contributed by atoms with Gasteiger partial charge in [0.2, 0.25) is 11.8 Å². The lowest BCUT2D eigenvalue weighted by atomic mass is 9.71. The number of hydrogen-bond acceptors (Lipinski definition) is 9. The van der Waals surface area contributed by atoms with Crippen LogP contribution in [0.4, 0.5) is 13.2 Å². The van der Waals surface area contributed by atoms with Crippen LogP contribution in [0.3, 0.4) is 0 Å². The van der Waals surface area contributed by atoms with E-state index in [0.717, 1.165) is 12.8 Å². The van der Waals surface area contributed by atoms with Gasteiger partial charge in [-0.3, -0.25) is 20.2 Å². The molecule has 0 spiro atoms. The van der Waals surface area contributed by atoms with Gasteiger partial charge < -0.3 is 30.3 Å². The smallest absolute Gasteiger partial charge is 0.379 e. The van der Waals surface area contributed by atoms with Gasteiger partial charge >= 0.3 is 6.18 Å². The highest BCUT2D eigenvalue weighted by Crippen LogP contribution is 2.39. The predicted molar refractivity (Wildman–Crippen MR) is 149 cm³/mol. The molecule has 2 amide bonds. The Balaban J connectivity index is 1.17. The van der Waals surface area contributed by atoms with Crippen molar-refractivity contribution in [2.45, 2.75) is 78.9 Å². The number of rotatable bonds is 6. The van der Waals surface area contributed by atoms with E-state index in [1.165, 1.54) is 7.11 Å². The molecule has 5 rings (SSSR count). The number of piperidine rings is 3. The van der Waals surface area contributed by atoms with Gasteiger partial charge in [-0.25, -0.2) is 0 Å². The molecule has 5 N–H and O–H groups in total. The summed E-state index contributed by atoms with van der Waals surface area (Å²) in [5.41, 5.74) is -0.313. The Kier molecular flexibility index (Phi) is 10.0. The molecule has 0 aromatic carbocycles. The summed E-state index contributed by atoms with van der Waals surface area (Å²) in [6, 6.07) is -0.840. The predicted octanol–water partition coefficient (Wildman–Crippen LogP) is 0.661. The van der Waals surface area contributed by atoms with E-state index in [1.807, 2.05) is 0 Å². The molecule has 0 bridgehead atoms. The van der Waals surface area contributed by atoms with E-state index in [4.69, 9.17) is 21.1 Å². The number of carbonyl (C=O) groups is 2. The van der Waals surface area contributed by atoms with Gasteiger partial charge in [0.15, 0.2) is 0 Å². The van der Waals surface area contributed by atoms with E-state index in [2.05, 4.69) is 33.5 Å². The summed E-state index contributed by atoms with van der Waals surface area (Å²) in [7, 11) is 2.90. The summed E-state index contributed by atoms with van der Waals surface area (Å²) in [6.07, 6.45) is -4.35. The maximum atomic E-state index is 13.6. The number of thioether (sulfide) groups is 1.